The number of hydrogen-bond acceptors (Lipinski definition) is 4. The second-order valence-electron chi connectivity index (χ2n) is 4.96. The number of aryl methyl sites for hydroxylation is 2. The minimum Gasteiger partial charge on any atom is -0.358 e. The van der Waals surface area contributed by atoms with E-state index < -0.39 is 4.92 Å². The lowest BCUT2D eigenvalue weighted by molar-refractivity contribution is -0.384. The molecule has 0 radical (unpaired) electrons. The highest BCUT2D eigenvalue weighted by molar-refractivity contribution is 5.60. The summed E-state index contributed by atoms with van der Waals surface area (Å²) < 4.78 is 13.6. The first kappa shape index (κ1) is 14.9. The van der Waals surface area contributed by atoms with Crippen LogP contribution in [0.25, 0.3) is 0 Å². The number of hydrogen-bond donors (Lipinski definition) is 1. The topological polar surface area (TPSA) is 68.1 Å². The van der Waals surface area contributed by atoms with E-state index in [1.165, 1.54) is 12.3 Å². The fourth-order valence-electron chi connectivity index (χ4n) is 2.05. The molecule has 6 heteroatoms. The van der Waals surface area contributed by atoms with E-state index in [2.05, 4.69) is 10.3 Å². The molecule has 0 aliphatic heterocycles. The molecular weight excluding hydrogens is 273 g/mol. The molecule has 0 aliphatic rings. The Morgan fingerprint density at radius 3 is 2.62 bits per heavy atom. The van der Waals surface area contributed by atoms with Gasteiger partial charge in [-0.05, 0) is 44.0 Å². The molecule has 0 saturated heterocycles. The first-order chi connectivity index (χ1) is 9.90. The molecule has 0 saturated carbocycles. The van der Waals surface area contributed by atoms with E-state index in [9.17, 15) is 14.5 Å². The molecule has 1 unspecified atom stereocenters. The predicted molar refractivity (Wildman–Crippen MR) is 78.8 cm³/mol. The third-order valence-corrected chi connectivity index (χ3v) is 3.36. The van der Waals surface area contributed by atoms with Gasteiger partial charge in [0.15, 0.2) is 0 Å². The molecule has 110 valence electrons. The Hall–Kier alpha value is -2.50. The van der Waals surface area contributed by atoms with Crippen LogP contribution in [0.3, 0.4) is 0 Å². The third kappa shape index (κ3) is 3.16. The Morgan fingerprint density at radius 1 is 1.29 bits per heavy atom. The van der Waals surface area contributed by atoms with Crippen molar-refractivity contribution in [3.05, 3.63) is 63.1 Å². The molecule has 0 fully saturated rings. The van der Waals surface area contributed by atoms with Gasteiger partial charge in [0, 0.05) is 11.8 Å². The standard InChI is InChI=1S/C15H16FN3O2/c1-9-4-5-12(8-13(9)16)11(3)18-15-14(19(20)21)10(2)6-7-17-15/h4-8,11H,1-3H3,(H,17,18). The fraction of sp³-hybridized carbons (Fsp3) is 0.267. The first-order valence-corrected chi connectivity index (χ1v) is 6.52. The van der Waals surface area contributed by atoms with Gasteiger partial charge in [-0.15, -0.1) is 0 Å². The maximum Gasteiger partial charge on any atom is 0.314 e. The molecule has 2 rings (SSSR count). The number of benzene rings is 1. The van der Waals surface area contributed by atoms with Crippen LogP contribution in [0.2, 0.25) is 0 Å². The van der Waals surface area contributed by atoms with Gasteiger partial charge in [0.25, 0.3) is 0 Å². The van der Waals surface area contributed by atoms with Crippen molar-refractivity contribution in [3.8, 4) is 0 Å². The quantitative estimate of drug-likeness (QED) is 0.684. The zero-order valence-corrected chi connectivity index (χ0v) is 12.1. The van der Waals surface area contributed by atoms with Crippen molar-refractivity contribution in [1.82, 2.24) is 4.98 Å². The number of nitro groups is 1. The predicted octanol–water partition coefficient (Wildman–Crippen LogP) is 3.92. The van der Waals surface area contributed by atoms with Gasteiger partial charge >= 0.3 is 5.69 Å². The monoisotopic (exact) mass is 289 g/mol. The van der Waals surface area contributed by atoms with Crippen molar-refractivity contribution in [2.75, 3.05) is 5.32 Å². The molecule has 1 atom stereocenters. The molecule has 0 spiro atoms. The van der Waals surface area contributed by atoms with E-state index >= 15 is 0 Å². The lowest BCUT2D eigenvalue weighted by atomic mass is 10.1. The number of aromatic nitrogens is 1. The van der Waals surface area contributed by atoms with Crippen LogP contribution in [-0.2, 0) is 0 Å². The lowest BCUT2D eigenvalue weighted by Crippen LogP contribution is -2.11. The van der Waals surface area contributed by atoms with Crippen LogP contribution >= 0.6 is 0 Å². The van der Waals surface area contributed by atoms with E-state index in [0.717, 1.165) is 0 Å². The summed E-state index contributed by atoms with van der Waals surface area (Å²) in [5, 5.41) is 14.1. The van der Waals surface area contributed by atoms with Gasteiger partial charge in [-0.25, -0.2) is 9.37 Å². The molecular formula is C15H16FN3O2. The summed E-state index contributed by atoms with van der Waals surface area (Å²) in [5.41, 5.74) is 1.73. The van der Waals surface area contributed by atoms with E-state index in [1.807, 2.05) is 0 Å². The number of nitrogens with one attached hydrogen (secondary N) is 1. The minimum atomic E-state index is -0.465. The highest BCUT2D eigenvalue weighted by atomic mass is 19.1. The van der Waals surface area contributed by atoms with Crippen LogP contribution in [0.5, 0.6) is 0 Å². The zero-order chi connectivity index (χ0) is 15.6. The lowest BCUT2D eigenvalue weighted by Gasteiger charge is -2.16. The summed E-state index contributed by atoms with van der Waals surface area (Å²) in [4.78, 5) is 14.7. The normalized spacial score (nSPS) is 12.0. The maximum atomic E-state index is 13.6. The largest absolute Gasteiger partial charge is 0.358 e. The van der Waals surface area contributed by atoms with E-state index in [1.54, 1.807) is 39.0 Å². The summed E-state index contributed by atoms with van der Waals surface area (Å²) in [5.74, 6) is -0.110. The third-order valence-electron chi connectivity index (χ3n) is 3.36. The Labute approximate surface area is 122 Å². The number of rotatable bonds is 4. The van der Waals surface area contributed by atoms with Gasteiger partial charge in [0.1, 0.15) is 5.82 Å². The number of pyridine rings is 1. The van der Waals surface area contributed by atoms with Crippen LogP contribution in [0.1, 0.15) is 29.7 Å². The van der Waals surface area contributed by atoms with Gasteiger partial charge in [0.2, 0.25) is 5.82 Å². The fourth-order valence-corrected chi connectivity index (χ4v) is 2.05. The summed E-state index contributed by atoms with van der Waals surface area (Å²) in [7, 11) is 0. The summed E-state index contributed by atoms with van der Waals surface area (Å²) in [6.07, 6.45) is 1.51. The second-order valence-corrected chi connectivity index (χ2v) is 4.96. The summed E-state index contributed by atoms with van der Waals surface area (Å²) in [6.45, 7) is 5.14. The van der Waals surface area contributed by atoms with Crippen LogP contribution in [0, 0.1) is 29.8 Å². The number of anilines is 1. The Morgan fingerprint density at radius 2 is 2.00 bits per heavy atom. The van der Waals surface area contributed by atoms with Crippen molar-refractivity contribution in [3.63, 3.8) is 0 Å². The van der Waals surface area contributed by atoms with Crippen molar-refractivity contribution < 1.29 is 9.31 Å². The second kappa shape index (κ2) is 5.87. The Kier molecular flexibility index (Phi) is 4.16. The first-order valence-electron chi connectivity index (χ1n) is 6.52. The van der Waals surface area contributed by atoms with Crippen molar-refractivity contribution in [1.29, 1.82) is 0 Å². The number of nitrogens with zero attached hydrogens (tertiary/aromatic N) is 2. The van der Waals surface area contributed by atoms with Crippen LogP contribution < -0.4 is 5.32 Å². The molecule has 2 aromatic rings. The molecule has 1 aromatic heterocycles. The Balaban J connectivity index is 2.31. The Bertz CT molecular complexity index is 689. The smallest absolute Gasteiger partial charge is 0.314 e. The zero-order valence-electron chi connectivity index (χ0n) is 12.1. The molecule has 1 aromatic carbocycles. The molecule has 1 N–H and O–H groups in total. The van der Waals surface area contributed by atoms with Crippen LogP contribution in [-0.4, -0.2) is 9.91 Å². The van der Waals surface area contributed by atoms with Crippen molar-refractivity contribution in [2.45, 2.75) is 26.8 Å². The SMILES string of the molecule is Cc1ccc(C(C)Nc2nccc(C)c2[N+](=O)[O-])cc1F. The summed E-state index contributed by atoms with van der Waals surface area (Å²) in [6, 6.07) is 6.18. The molecule has 0 aliphatic carbocycles. The summed E-state index contributed by atoms with van der Waals surface area (Å²) >= 11 is 0. The van der Waals surface area contributed by atoms with E-state index in [4.69, 9.17) is 0 Å². The molecule has 0 amide bonds. The van der Waals surface area contributed by atoms with Crippen molar-refractivity contribution >= 4 is 11.5 Å². The minimum absolute atomic E-state index is 0.0584. The van der Waals surface area contributed by atoms with E-state index in [-0.39, 0.29) is 23.4 Å². The molecule has 1 heterocycles. The molecule has 0 bridgehead atoms. The van der Waals surface area contributed by atoms with Crippen LogP contribution in [0.15, 0.2) is 30.5 Å². The number of halogens is 1. The molecule has 5 nitrogen and oxygen atoms in total. The van der Waals surface area contributed by atoms with Gasteiger partial charge in [-0.1, -0.05) is 12.1 Å². The average Bonchev–Trinajstić information content (AvgIpc) is 2.41. The van der Waals surface area contributed by atoms with Gasteiger partial charge in [-0.2, -0.15) is 0 Å². The van der Waals surface area contributed by atoms with Crippen molar-refractivity contribution in [2.24, 2.45) is 0 Å². The van der Waals surface area contributed by atoms with E-state index in [0.29, 0.717) is 16.7 Å². The maximum absolute atomic E-state index is 13.6. The molecule has 21 heavy (non-hydrogen) atoms. The highest BCUT2D eigenvalue weighted by Crippen LogP contribution is 2.29. The average molecular weight is 289 g/mol. The van der Waals surface area contributed by atoms with Gasteiger partial charge in [0.05, 0.1) is 11.0 Å². The van der Waals surface area contributed by atoms with Gasteiger partial charge < -0.3 is 5.32 Å². The van der Waals surface area contributed by atoms with Crippen LogP contribution in [0.4, 0.5) is 15.9 Å². The van der Waals surface area contributed by atoms with Gasteiger partial charge in [-0.3, -0.25) is 10.1 Å². The highest BCUT2D eigenvalue weighted by Gasteiger charge is 2.20.